The highest BCUT2D eigenvalue weighted by Crippen LogP contribution is 2.31. The number of benzene rings is 3. The summed E-state index contributed by atoms with van der Waals surface area (Å²) in [6, 6.07) is 23.9. The molecule has 0 aromatic heterocycles. The van der Waals surface area contributed by atoms with Gasteiger partial charge in [-0.2, -0.15) is 0 Å². The van der Waals surface area contributed by atoms with Crippen LogP contribution in [-0.4, -0.2) is 36.9 Å². The van der Waals surface area contributed by atoms with Crippen molar-refractivity contribution in [2.75, 3.05) is 30.8 Å². The number of hydrogen-bond donors (Lipinski definition) is 2. The summed E-state index contributed by atoms with van der Waals surface area (Å²) in [4.78, 5) is 28.3. The second-order valence-corrected chi connectivity index (χ2v) is 8.72. The highest BCUT2D eigenvalue weighted by molar-refractivity contribution is 6.32. The summed E-state index contributed by atoms with van der Waals surface area (Å²) >= 11 is 6.24. The summed E-state index contributed by atoms with van der Waals surface area (Å²) < 4.78 is 5.20. The van der Waals surface area contributed by atoms with Crippen molar-refractivity contribution in [3.8, 4) is 5.75 Å². The van der Waals surface area contributed by atoms with E-state index in [4.69, 9.17) is 16.3 Å². The van der Waals surface area contributed by atoms with Crippen LogP contribution in [0.1, 0.15) is 24.4 Å². The number of carbonyl (C=O) groups excluding carboxylic acids is 2. The molecule has 34 heavy (non-hydrogen) atoms. The number of para-hydroxylation sites is 1. The molecule has 1 fully saturated rings. The van der Waals surface area contributed by atoms with Crippen molar-refractivity contribution in [1.29, 1.82) is 0 Å². The Labute approximate surface area is 204 Å². The molecule has 7 heteroatoms. The Bertz CT molecular complexity index is 1120. The molecule has 0 radical (unpaired) electrons. The molecule has 0 saturated carbocycles. The molecule has 0 spiro atoms. The molecule has 1 atom stereocenters. The summed E-state index contributed by atoms with van der Waals surface area (Å²) in [5.74, 6) is 0.352. The molecule has 4 rings (SSSR count). The van der Waals surface area contributed by atoms with Gasteiger partial charge in [0.2, 0.25) is 11.8 Å². The molecule has 1 heterocycles. The molecular formula is C27H28ClN3O3. The van der Waals surface area contributed by atoms with Gasteiger partial charge in [0.05, 0.1) is 12.1 Å². The lowest BCUT2D eigenvalue weighted by Gasteiger charge is -2.36. The Morgan fingerprint density at radius 3 is 2.18 bits per heavy atom. The van der Waals surface area contributed by atoms with Crippen LogP contribution in [-0.2, 0) is 9.59 Å². The minimum Gasteiger partial charge on any atom is -0.495 e. The van der Waals surface area contributed by atoms with E-state index in [1.807, 2.05) is 60.7 Å². The molecule has 0 aliphatic carbocycles. The van der Waals surface area contributed by atoms with E-state index in [1.165, 1.54) is 0 Å². The summed E-state index contributed by atoms with van der Waals surface area (Å²) in [5, 5.41) is 6.43. The van der Waals surface area contributed by atoms with E-state index in [1.54, 1.807) is 25.3 Å². The Morgan fingerprint density at radius 1 is 0.912 bits per heavy atom. The lowest BCUT2D eigenvalue weighted by Crippen LogP contribution is -2.44. The molecule has 1 saturated heterocycles. The number of nitrogens with zero attached hydrogens (tertiary/aromatic N) is 1. The molecule has 176 valence electrons. The van der Waals surface area contributed by atoms with Crippen LogP contribution < -0.4 is 15.4 Å². The van der Waals surface area contributed by atoms with Crippen molar-refractivity contribution in [1.82, 2.24) is 4.90 Å². The third-order valence-corrected chi connectivity index (χ3v) is 6.39. The fourth-order valence-electron chi connectivity index (χ4n) is 4.30. The highest BCUT2D eigenvalue weighted by Gasteiger charge is 2.33. The first-order valence-electron chi connectivity index (χ1n) is 11.3. The minimum absolute atomic E-state index is 0.0273. The minimum atomic E-state index is -0.472. The lowest BCUT2D eigenvalue weighted by molar-refractivity contribution is -0.123. The molecule has 1 unspecified atom stereocenters. The number of piperidine rings is 1. The maximum Gasteiger partial charge on any atom is 0.246 e. The first-order valence-corrected chi connectivity index (χ1v) is 11.7. The smallest absolute Gasteiger partial charge is 0.246 e. The number of carbonyl (C=O) groups is 2. The Hall–Kier alpha value is -3.35. The van der Waals surface area contributed by atoms with E-state index in [9.17, 15) is 9.59 Å². The van der Waals surface area contributed by atoms with E-state index >= 15 is 0 Å². The SMILES string of the molecule is COc1ccc(NC(=O)C(c2ccccc2)N2CCC(C(=O)Nc3ccccc3)CC2)cc1Cl. The summed E-state index contributed by atoms with van der Waals surface area (Å²) in [7, 11) is 1.55. The fourth-order valence-corrected chi connectivity index (χ4v) is 4.56. The number of anilines is 2. The molecule has 1 aliphatic heterocycles. The third-order valence-electron chi connectivity index (χ3n) is 6.09. The summed E-state index contributed by atoms with van der Waals surface area (Å²) in [6.45, 7) is 1.28. The average Bonchev–Trinajstić information content (AvgIpc) is 2.86. The standard InChI is InChI=1S/C27H28ClN3O3/c1-34-24-13-12-22(18-23(24)28)30-27(33)25(19-8-4-2-5-9-19)31-16-14-20(15-17-31)26(32)29-21-10-6-3-7-11-21/h2-13,18,20,25H,14-17H2,1H3,(H,29,32)(H,30,33). The monoisotopic (exact) mass is 477 g/mol. The van der Waals surface area contributed by atoms with Crippen molar-refractivity contribution >= 4 is 34.8 Å². The van der Waals surface area contributed by atoms with Crippen LogP contribution in [0.5, 0.6) is 5.75 Å². The van der Waals surface area contributed by atoms with Crippen LogP contribution in [0.15, 0.2) is 78.9 Å². The molecule has 0 bridgehead atoms. The molecule has 6 nitrogen and oxygen atoms in total. The van der Waals surface area contributed by atoms with E-state index in [0.717, 1.165) is 11.3 Å². The number of halogens is 1. The predicted molar refractivity (Wildman–Crippen MR) is 135 cm³/mol. The summed E-state index contributed by atoms with van der Waals surface area (Å²) in [6.07, 6.45) is 1.37. The van der Waals surface area contributed by atoms with Crippen LogP contribution in [0.25, 0.3) is 0 Å². The largest absolute Gasteiger partial charge is 0.495 e. The quantitative estimate of drug-likeness (QED) is 0.479. The number of hydrogen-bond acceptors (Lipinski definition) is 4. The van der Waals surface area contributed by atoms with E-state index in [2.05, 4.69) is 15.5 Å². The van der Waals surface area contributed by atoms with Crippen LogP contribution in [0.3, 0.4) is 0 Å². The Morgan fingerprint density at radius 2 is 1.56 bits per heavy atom. The predicted octanol–water partition coefficient (Wildman–Crippen LogP) is 5.38. The highest BCUT2D eigenvalue weighted by atomic mass is 35.5. The van der Waals surface area contributed by atoms with Gasteiger partial charge >= 0.3 is 0 Å². The first kappa shape index (κ1) is 23.8. The molecule has 3 aromatic carbocycles. The zero-order chi connectivity index (χ0) is 23.9. The maximum atomic E-state index is 13.4. The van der Waals surface area contributed by atoms with Crippen LogP contribution >= 0.6 is 11.6 Å². The topological polar surface area (TPSA) is 70.7 Å². The number of likely N-dealkylation sites (tertiary alicyclic amines) is 1. The molecule has 3 aromatic rings. The van der Waals surface area contributed by atoms with Gasteiger partial charge in [-0.3, -0.25) is 14.5 Å². The molecule has 1 aliphatic rings. The molecule has 2 N–H and O–H groups in total. The van der Waals surface area contributed by atoms with Crippen molar-refractivity contribution in [2.24, 2.45) is 5.92 Å². The first-order chi connectivity index (χ1) is 16.5. The van der Waals surface area contributed by atoms with Gasteiger partial charge in [-0.25, -0.2) is 0 Å². The number of methoxy groups -OCH3 is 1. The van der Waals surface area contributed by atoms with Crippen molar-refractivity contribution in [3.05, 3.63) is 89.4 Å². The van der Waals surface area contributed by atoms with Crippen molar-refractivity contribution < 1.29 is 14.3 Å². The average molecular weight is 478 g/mol. The van der Waals surface area contributed by atoms with Crippen LogP contribution in [0, 0.1) is 5.92 Å². The van der Waals surface area contributed by atoms with Gasteiger partial charge in [-0.05, 0) is 61.8 Å². The van der Waals surface area contributed by atoms with Crippen LogP contribution in [0.2, 0.25) is 5.02 Å². The lowest BCUT2D eigenvalue weighted by atomic mass is 9.93. The van der Waals surface area contributed by atoms with Gasteiger partial charge in [0.15, 0.2) is 0 Å². The van der Waals surface area contributed by atoms with Crippen molar-refractivity contribution in [2.45, 2.75) is 18.9 Å². The second-order valence-electron chi connectivity index (χ2n) is 8.32. The maximum absolute atomic E-state index is 13.4. The second kappa shape index (κ2) is 11.2. The zero-order valence-electron chi connectivity index (χ0n) is 19.0. The fraction of sp³-hybridized carbons (Fsp3) is 0.259. The molecular weight excluding hydrogens is 450 g/mol. The van der Waals surface area contributed by atoms with Gasteiger partial charge in [0.1, 0.15) is 11.8 Å². The van der Waals surface area contributed by atoms with Crippen LogP contribution in [0.4, 0.5) is 11.4 Å². The van der Waals surface area contributed by atoms with E-state index in [-0.39, 0.29) is 17.7 Å². The van der Waals surface area contributed by atoms with E-state index < -0.39 is 6.04 Å². The van der Waals surface area contributed by atoms with Gasteiger partial charge in [0, 0.05) is 17.3 Å². The van der Waals surface area contributed by atoms with Gasteiger partial charge in [-0.1, -0.05) is 60.1 Å². The zero-order valence-corrected chi connectivity index (χ0v) is 19.8. The summed E-state index contributed by atoms with van der Waals surface area (Å²) in [5.41, 5.74) is 2.32. The van der Waals surface area contributed by atoms with Gasteiger partial charge in [0.25, 0.3) is 0 Å². The van der Waals surface area contributed by atoms with E-state index in [0.29, 0.717) is 42.4 Å². The number of rotatable bonds is 7. The molecule has 2 amide bonds. The Kier molecular flexibility index (Phi) is 7.83. The normalized spacial score (nSPS) is 15.4. The van der Waals surface area contributed by atoms with Crippen molar-refractivity contribution in [3.63, 3.8) is 0 Å². The number of ether oxygens (including phenoxy) is 1. The third kappa shape index (κ3) is 5.76. The number of amides is 2. The van der Waals surface area contributed by atoms with Gasteiger partial charge in [-0.15, -0.1) is 0 Å². The van der Waals surface area contributed by atoms with Gasteiger partial charge < -0.3 is 15.4 Å². The number of nitrogens with one attached hydrogen (secondary N) is 2. The Balaban J connectivity index is 1.45.